The maximum atomic E-state index is 13.3. The first-order chi connectivity index (χ1) is 14.2. The lowest BCUT2D eigenvalue weighted by molar-refractivity contribution is 0.0985. The van der Waals surface area contributed by atoms with E-state index in [2.05, 4.69) is 10.3 Å². The largest absolute Gasteiger partial charge is 0.352 e. The lowest BCUT2D eigenvalue weighted by atomic mass is 9.88. The van der Waals surface area contributed by atoms with Crippen LogP contribution >= 0.6 is 11.6 Å². The van der Waals surface area contributed by atoms with Gasteiger partial charge in [0.1, 0.15) is 5.65 Å². The van der Waals surface area contributed by atoms with E-state index in [0.717, 1.165) is 4.57 Å². The summed E-state index contributed by atoms with van der Waals surface area (Å²) in [6.07, 6.45) is 1.51. The molecule has 1 aliphatic rings. The first-order valence-electron chi connectivity index (χ1n) is 9.20. The van der Waals surface area contributed by atoms with E-state index in [0.29, 0.717) is 22.8 Å². The van der Waals surface area contributed by atoms with Crippen molar-refractivity contribution in [2.45, 2.75) is 13.3 Å². The van der Waals surface area contributed by atoms with Crippen LogP contribution in [0.1, 0.15) is 33.3 Å². The van der Waals surface area contributed by atoms with Crippen LogP contribution in [0.3, 0.4) is 0 Å². The fourth-order valence-corrected chi connectivity index (χ4v) is 3.69. The van der Waals surface area contributed by atoms with Crippen molar-refractivity contribution < 1.29 is 9.59 Å². The summed E-state index contributed by atoms with van der Waals surface area (Å²) >= 11 is 5.89. The van der Waals surface area contributed by atoms with Crippen molar-refractivity contribution in [2.24, 2.45) is 14.1 Å². The maximum Gasteiger partial charge on any atom is 0.332 e. The second kappa shape index (κ2) is 7.07. The Balaban J connectivity index is 1.99. The summed E-state index contributed by atoms with van der Waals surface area (Å²) in [6, 6.07) is 6.68. The highest BCUT2D eigenvalue weighted by Crippen LogP contribution is 2.29. The van der Waals surface area contributed by atoms with Crippen LogP contribution in [0, 0.1) is 0 Å². The van der Waals surface area contributed by atoms with Gasteiger partial charge in [-0.05, 0) is 30.7 Å². The fraction of sp³-hybridized carbons (Fsp3) is 0.190. The smallest absolute Gasteiger partial charge is 0.332 e. The van der Waals surface area contributed by atoms with Crippen molar-refractivity contribution in [2.75, 3.05) is 5.32 Å². The van der Waals surface area contributed by atoms with Crippen molar-refractivity contribution in [3.05, 3.63) is 78.7 Å². The van der Waals surface area contributed by atoms with Gasteiger partial charge in [0.2, 0.25) is 5.78 Å². The quantitative estimate of drug-likeness (QED) is 0.691. The van der Waals surface area contributed by atoms with E-state index in [1.54, 1.807) is 31.2 Å². The van der Waals surface area contributed by atoms with Gasteiger partial charge in [-0.25, -0.2) is 9.78 Å². The van der Waals surface area contributed by atoms with Crippen LogP contribution in [0.2, 0.25) is 5.02 Å². The average molecular weight is 425 g/mol. The van der Waals surface area contributed by atoms with Crippen LogP contribution in [-0.4, -0.2) is 25.7 Å². The molecule has 1 N–H and O–H groups in total. The second-order valence-corrected chi connectivity index (χ2v) is 7.39. The van der Waals surface area contributed by atoms with Crippen LogP contribution in [0.25, 0.3) is 11.0 Å². The lowest BCUT2D eigenvalue weighted by Crippen LogP contribution is -2.39. The zero-order valence-corrected chi connectivity index (χ0v) is 17.2. The van der Waals surface area contributed by atoms with Crippen molar-refractivity contribution >= 4 is 39.9 Å². The molecule has 1 aromatic carbocycles. The molecule has 0 fully saturated rings. The molecule has 8 nitrogen and oxygen atoms in total. The third kappa shape index (κ3) is 2.88. The molecule has 0 bridgehead atoms. The molecule has 0 saturated heterocycles. The Kier molecular flexibility index (Phi) is 4.66. The predicted molar refractivity (Wildman–Crippen MR) is 113 cm³/mol. The lowest BCUT2D eigenvalue weighted by Gasteiger charge is -2.21. The van der Waals surface area contributed by atoms with Gasteiger partial charge in [0, 0.05) is 30.9 Å². The van der Waals surface area contributed by atoms with Crippen LogP contribution in [0.15, 0.2) is 45.6 Å². The summed E-state index contributed by atoms with van der Waals surface area (Å²) in [4.78, 5) is 55.9. The second-order valence-electron chi connectivity index (χ2n) is 6.95. The van der Waals surface area contributed by atoms with E-state index in [9.17, 15) is 19.2 Å². The topological polar surface area (TPSA) is 103 Å². The summed E-state index contributed by atoms with van der Waals surface area (Å²) in [5.74, 6) is -0.944. The zero-order chi connectivity index (χ0) is 21.7. The van der Waals surface area contributed by atoms with E-state index < -0.39 is 22.8 Å². The summed E-state index contributed by atoms with van der Waals surface area (Å²) in [6.45, 7) is 1.79. The number of aryl methyl sites for hydroxylation is 2. The molecule has 152 valence electrons. The minimum Gasteiger partial charge on any atom is -0.352 e. The van der Waals surface area contributed by atoms with Crippen LogP contribution in [0.4, 0.5) is 5.69 Å². The minimum atomic E-state index is -0.664. The molecule has 0 saturated carbocycles. The minimum absolute atomic E-state index is 0.0142. The highest BCUT2D eigenvalue weighted by atomic mass is 35.5. The number of carbonyl (C=O) groups is 2. The Bertz CT molecular complexity index is 1400. The molecule has 0 amide bonds. The number of rotatable bonds is 3. The summed E-state index contributed by atoms with van der Waals surface area (Å²) in [5, 5.41) is 3.44. The molecular formula is C21H17ClN4O4. The number of ketones is 2. The summed E-state index contributed by atoms with van der Waals surface area (Å²) in [5.41, 5.74) is -0.0533. The number of hydrogen-bond donors (Lipinski definition) is 1. The number of pyridine rings is 1. The van der Waals surface area contributed by atoms with Gasteiger partial charge in [0.05, 0.1) is 27.9 Å². The molecule has 0 aliphatic heterocycles. The van der Waals surface area contributed by atoms with Gasteiger partial charge >= 0.3 is 5.69 Å². The Hall–Kier alpha value is -3.52. The number of fused-ring (bicyclic) bond motifs is 3. The van der Waals surface area contributed by atoms with E-state index in [4.69, 9.17) is 11.6 Å². The summed E-state index contributed by atoms with van der Waals surface area (Å²) in [7, 11) is 2.80. The molecule has 1 aliphatic carbocycles. The Morgan fingerprint density at radius 2 is 1.67 bits per heavy atom. The molecule has 2 heterocycles. The van der Waals surface area contributed by atoms with E-state index in [-0.39, 0.29) is 27.9 Å². The van der Waals surface area contributed by atoms with E-state index in [1.165, 1.54) is 24.7 Å². The third-order valence-electron chi connectivity index (χ3n) is 5.11. The number of hydrogen-bond acceptors (Lipinski definition) is 6. The Labute approximate surface area is 175 Å². The SMILES string of the molecule is CCc1nc2c(c3c1C(=O)C(Nc1ccc(Cl)cc1)=CC3=O)c(=O)n(C)c(=O)n2C. The molecule has 0 spiro atoms. The molecule has 3 aromatic rings. The predicted octanol–water partition coefficient (Wildman–Crippen LogP) is 2.22. The highest BCUT2D eigenvalue weighted by molar-refractivity contribution is 6.31. The monoisotopic (exact) mass is 424 g/mol. The van der Waals surface area contributed by atoms with Crippen molar-refractivity contribution in [1.29, 1.82) is 0 Å². The Morgan fingerprint density at radius 1 is 1.00 bits per heavy atom. The number of aromatic nitrogens is 3. The summed E-state index contributed by atoms with van der Waals surface area (Å²) < 4.78 is 2.11. The Morgan fingerprint density at radius 3 is 2.30 bits per heavy atom. The average Bonchev–Trinajstić information content (AvgIpc) is 2.74. The maximum absolute atomic E-state index is 13.3. The van der Waals surface area contributed by atoms with Gasteiger partial charge < -0.3 is 5.32 Å². The number of Topliss-reactive ketones (excluding diaryl/α,β-unsaturated/α-hetero) is 1. The molecule has 4 rings (SSSR count). The van der Waals surface area contributed by atoms with Gasteiger partial charge in [0.15, 0.2) is 5.78 Å². The van der Waals surface area contributed by atoms with Crippen molar-refractivity contribution in [3.8, 4) is 0 Å². The molecule has 9 heteroatoms. The molecular weight excluding hydrogens is 408 g/mol. The first kappa shape index (κ1) is 19.8. The number of nitrogens with one attached hydrogen (secondary N) is 1. The number of nitrogens with zero attached hydrogens (tertiary/aromatic N) is 3. The standard InChI is InChI=1S/C21H17ClN4O4/c1-4-12-15-16(17-19(24-12)25(2)21(30)26(3)20(17)29)14(27)9-13(18(15)28)23-11-7-5-10(22)6-8-11/h5-9,23H,4H2,1-3H3. The molecule has 30 heavy (non-hydrogen) atoms. The van der Waals surface area contributed by atoms with Crippen LogP contribution in [-0.2, 0) is 20.5 Å². The molecule has 2 aromatic heterocycles. The third-order valence-corrected chi connectivity index (χ3v) is 5.37. The first-order valence-corrected chi connectivity index (χ1v) is 9.58. The molecule has 0 radical (unpaired) electrons. The zero-order valence-electron chi connectivity index (χ0n) is 16.4. The van der Waals surface area contributed by atoms with Gasteiger partial charge in [-0.1, -0.05) is 18.5 Å². The number of benzene rings is 1. The van der Waals surface area contributed by atoms with Crippen molar-refractivity contribution in [3.63, 3.8) is 0 Å². The number of carbonyl (C=O) groups excluding carboxylic acids is 2. The van der Waals surface area contributed by atoms with Crippen LogP contribution < -0.4 is 16.6 Å². The molecule has 0 atom stereocenters. The highest BCUT2D eigenvalue weighted by Gasteiger charge is 2.33. The van der Waals surface area contributed by atoms with E-state index >= 15 is 0 Å². The number of anilines is 1. The number of allylic oxidation sites excluding steroid dienone is 2. The van der Waals surface area contributed by atoms with Gasteiger partial charge in [-0.3, -0.25) is 23.5 Å². The fourth-order valence-electron chi connectivity index (χ4n) is 3.57. The van der Waals surface area contributed by atoms with Crippen LogP contribution in [0.5, 0.6) is 0 Å². The normalized spacial score (nSPS) is 13.4. The van der Waals surface area contributed by atoms with E-state index in [1.807, 2.05) is 0 Å². The van der Waals surface area contributed by atoms with Crippen molar-refractivity contribution in [1.82, 2.24) is 14.1 Å². The number of halogens is 1. The van der Waals surface area contributed by atoms with Gasteiger partial charge in [0.25, 0.3) is 5.56 Å². The molecule has 0 unspecified atom stereocenters. The van der Waals surface area contributed by atoms with Gasteiger partial charge in [-0.2, -0.15) is 0 Å². The van der Waals surface area contributed by atoms with Gasteiger partial charge in [-0.15, -0.1) is 0 Å².